The van der Waals surface area contributed by atoms with Crippen LogP contribution in [-0.2, 0) is 27.6 Å². The van der Waals surface area contributed by atoms with Crippen molar-refractivity contribution in [3.63, 3.8) is 0 Å². The second-order valence-corrected chi connectivity index (χ2v) is 28.1. The Hall–Kier alpha value is -2.98. The first-order chi connectivity index (χ1) is 26.9. The van der Waals surface area contributed by atoms with Gasteiger partial charge in [-0.05, 0) is 67.3 Å². The number of rotatable bonds is 10. The van der Waals surface area contributed by atoms with Gasteiger partial charge in [-0.2, -0.15) is 8.42 Å². The topological polar surface area (TPSA) is 112 Å². The van der Waals surface area contributed by atoms with Crippen LogP contribution >= 0.6 is 0 Å². The lowest BCUT2D eigenvalue weighted by atomic mass is 9.98. The van der Waals surface area contributed by atoms with Crippen LogP contribution < -0.4 is 20.7 Å². The van der Waals surface area contributed by atoms with Crippen LogP contribution in [0.4, 0.5) is 0 Å². The average molecular weight is 831 g/mol. The number of fused-ring (bicyclic) bond motifs is 1. The van der Waals surface area contributed by atoms with Crippen LogP contribution in [0, 0.1) is 23.7 Å². The highest BCUT2D eigenvalue weighted by Crippen LogP contribution is 2.44. The predicted molar refractivity (Wildman–Crippen MR) is 232 cm³/mol. The second kappa shape index (κ2) is 17.3. The summed E-state index contributed by atoms with van der Waals surface area (Å²) in [6.45, 7) is 18.7. The molecule has 0 bridgehead atoms. The second-order valence-electron chi connectivity index (χ2n) is 18.3. The fraction of sp³-hybridized carbons (Fsp3) is 0.478. The summed E-state index contributed by atoms with van der Waals surface area (Å²) in [6.07, 6.45) is -0.893. The Morgan fingerprint density at radius 1 is 0.579 bits per heavy atom. The van der Waals surface area contributed by atoms with Crippen molar-refractivity contribution in [2.45, 2.75) is 103 Å². The lowest BCUT2D eigenvalue weighted by Crippen LogP contribution is -2.67. The van der Waals surface area contributed by atoms with E-state index in [1.807, 2.05) is 38.1 Å². The fourth-order valence-corrected chi connectivity index (χ4v) is 19.9. The molecule has 8 nitrogen and oxygen atoms in total. The molecular formula is C46H62O8SSi2. The number of hydrogen-bond donors (Lipinski definition) is 2. The molecule has 4 aromatic rings. The lowest BCUT2D eigenvalue weighted by molar-refractivity contribution is 0.0226. The first-order valence-corrected chi connectivity index (χ1v) is 25.5. The van der Waals surface area contributed by atoms with E-state index in [0.29, 0.717) is 26.1 Å². The maximum atomic E-state index is 11.6. The minimum atomic E-state index is -3.85. The molecule has 2 saturated carbocycles. The molecule has 1 aliphatic heterocycles. The molecular weight excluding hydrogens is 769 g/mol. The molecule has 8 atom stereocenters. The van der Waals surface area contributed by atoms with Crippen molar-refractivity contribution >= 4 is 47.8 Å². The van der Waals surface area contributed by atoms with Gasteiger partial charge in [-0.25, -0.2) is 8.37 Å². The molecule has 3 fully saturated rings. The third-order valence-corrected chi connectivity index (χ3v) is 23.7. The lowest BCUT2D eigenvalue weighted by Gasteiger charge is -2.43. The van der Waals surface area contributed by atoms with E-state index in [1.165, 1.54) is 20.7 Å². The standard InChI is InChI=1S/C23H30O5SSi.C23H32O3Si/c1-17-18(15-21-22(17)28-29(24,25)27-21)16-26-30(23(2,3)4,19-11-7-5-8-12-19)20-13-9-6-10-14-20;1-17-18(15-21(24)22(17)25)16-26-27(23(2,3)4,19-11-7-5-8-12-19)20-13-9-6-10-14-20/h5-14,17-18,21-22H,15-16H2,1-4H3;5-14,17-18,21-22,24-25H,15-16H2,1-4H3/t2*17?,18-,21-,22-/m00/s1. The summed E-state index contributed by atoms with van der Waals surface area (Å²) in [7, 11) is -9.01. The van der Waals surface area contributed by atoms with Crippen LogP contribution in [0.15, 0.2) is 121 Å². The predicted octanol–water partition coefficient (Wildman–Crippen LogP) is 6.19. The van der Waals surface area contributed by atoms with E-state index < -0.39 is 51.4 Å². The molecule has 2 N–H and O–H groups in total. The molecule has 2 aliphatic carbocycles. The zero-order valence-corrected chi connectivity index (χ0v) is 37.6. The summed E-state index contributed by atoms with van der Waals surface area (Å²) >= 11 is 0. The zero-order valence-electron chi connectivity index (χ0n) is 34.7. The Balaban J connectivity index is 0.000000194. The van der Waals surface area contributed by atoms with Gasteiger partial charge in [0.25, 0.3) is 16.6 Å². The summed E-state index contributed by atoms with van der Waals surface area (Å²) in [4.78, 5) is 0. The summed E-state index contributed by atoms with van der Waals surface area (Å²) in [5, 5.41) is 25.1. The molecule has 57 heavy (non-hydrogen) atoms. The highest BCUT2D eigenvalue weighted by molar-refractivity contribution is 7.82. The monoisotopic (exact) mass is 830 g/mol. The van der Waals surface area contributed by atoms with E-state index in [4.69, 9.17) is 17.2 Å². The van der Waals surface area contributed by atoms with Crippen LogP contribution in [0.25, 0.3) is 0 Å². The normalized spacial score (nSPS) is 27.4. The van der Waals surface area contributed by atoms with E-state index in [9.17, 15) is 18.6 Å². The van der Waals surface area contributed by atoms with Gasteiger partial charge in [0.05, 0.1) is 12.2 Å². The van der Waals surface area contributed by atoms with Gasteiger partial charge < -0.3 is 19.1 Å². The van der Waals surface area contributed by atoms with Crippen molar-refractivity contribution in [1.82, 2.24) is 0 Å². The maximum absolute atomic E-state index is 11.6. The van der Waals surface area contributed by atoms with Crippen LogP contribution in [-0.4, -0.2) is 72.9 Å². The Labute approximate surface area is 343 Å². The Morgan fingerprint density at radius 3 is 1.23 bits per heavy atom. The van der Waals surface area contributed by atoms with Gasteiger partial charge in [-0.1, -0.05) is 177 Å². The molecule has 1 saturated heterocycles. The SMILES string of the molecule is CC1[C@H](CO[Si](c2ccccc2)(c2ccccc2)C(C)(C)C)C[C@@H]2OS(=O)(=O)O[C@@H]12.CC1[C@H](CO[Si](c2ccccc2)(c2ccccc2)C(C)(C)C)C[C@H](O)[C@H]1O. The molecule has 308 valence electrons. The minimum absolute atomic E-state index is 0.0400. The minimum Gasteiger partial charge on any atom is -0.407 e. The molecule has 7 rings (SSSR count). The van der Waals surface area contributed by atoms with Crippen LogP contribution in [0.2, 0.25) is 10.1 Å². The Morgan fingerprint density at radius 2 is 0.930 bits per heavy atom. The summed E-state index contributed by atoms with van der Waals surface area (Å²) in [6, 6.07) is 42.2. The third-order valence-electron chi connectivity index (χ3n) is 12.7. The van der Waals surface area contributed by atoms with Gasteiger partial charge in [0.15, 0.2) is 0 Å². The van der Waals surface area contributed by atoms with Gasteiger partial charge >= 0.3 is 10.4 Å². The number of hydrogen-bond acceptors (Lipinski definition) is 8. The highest BCUT2D eigenvalue weighted by Gasteiger charge is 2.55. The van der Waals surface area contributed by atoms with Crippen molar-refractivity contribution in [3.8, 4) is 0 Å². The third kappa shape index (κ3) is 8.83. The van der Waals surface area contributed by atoms with E-state index in [0.717, 1.165) is 0 Å². The van der Waals surface area contributed by atoms with E-state index >= 15 is 0 Å². The van der Waals surface area contributed by atoms with Crippen molar-refractivity contribution < 1.29 is 35.8 Å². The molecule has 0 aromatic heterocycles. The number of aliphatic hydroxyl groups excluding tert-OH is 2. The van der Waals surface area contributed by atoms with Gasteiger partial charge in [0.1, 0.15) is 12.2 Å². The maximum Gasteiger partial charge on any atom is 0.400 e. The van der Waals surface area contributed by atoms with Crippen molar-refractivity contribution in [3.05, 3.63) is 121 Å². The van der Waals surface area contributed by atoms with Crippen molar-refractivity contribution in [2.24, 2.45) is 23.7 Å². The summed E-state index contributed by atoms with van der Waals surface area (Å²) in [5.74, 6) is 0.428. The molecule has 4 aromatic carbocycles. The van der Waals surface area contributed by atoms with Gasteiger partial charge in [0.2, 0.25) is 0 Å². The first-order valence-electron chi connectivity index (χ1n) is 20.4. The number of aliphatic hydroxyl groups is 2. The van der Waals surface area contributed by atoms with E-state index in [-0.39, 0.29) is 33.7 Å². The van der Waals surface area contributed by atoms with Crippen LogP contribution in [0.5, 0.6) is 0 Å². The molecule has 0 amide bonds. The smallest absolute Gasteiger partial charge is 0.400 e. The quantitative estimate of drug-likeness (QED) is 0.182. The Kier molecular flexibility index (Phi) is 13.2. The molecule has 11 heteroatoms. The zero-order chi connectivity index (χ0) is 41.2. The average Bonchev–Trinajstić information content (AvgIpc) is 3.74. The molecule has 2 unspecified atom stereocenters. The number of benzene rings is 4. The largest absolute Gasteiger partial charge is 0.407 e. The van der Waals surface area contributed by atoms with E-state index in [1.54, 1.807) is 0 Å². The molecule has 1 heterocycles. The molecule has 0 radical (unpaired) electrons. The van der Waals surface area contributed by atoms with Crippen LogP contribution in [0.3, 0.4) is 0 Å². The molecule has 0 spiro atoms. The van der Waals surface area contributed by atoms with Crippen molar-refractivity contribution in [1.29, 1.82) is 0 Å². The highest BCUT2D eigenvalue weighted by atomic mass is 32.3. The van der Waals surface area contributed by atoms with Crippen molar-refractivity contribution in [2.75, 3.05) is 13.2 Å². The fourth-order valence-electron chi connectivity index (χ4n) is 9.53. The van der Waals surface area contributed by atoms with Gasteiger partial charge in [0, 0.05) is 13.2 Å². The Bertz CT molecular complexity index is 1910. The first kappa shape index (κ1) is 43.6. The molecule has 3 aliphatic rings. The van der Waals surface area contributed by atoms with Gasteiger partial charge in [-0.15, -0.1) is 0 Å². The summed E-state index contributed by atoms with van der Waals surface area (Å²) in [5.41, 5.74) is 0. The summed E-state index contributed by atoms with van der Waals surface area (Å²) < 4.78 is 47.6. The van der Waals surface area contributed by atoms with Gasteiger partial charge in [-0.3, -0.25) is 0 Å². The van der Waals surface area contributed by atoms with E-state index in [2.05, 4.69) is 139 Å². The van der Waals surface area contributed by atoms with Crippen LogP contribution in [0.1, 0.15) is 68.2 Å².